The van der Waals surface area contributed by atoms with E-state index in [1.807, 2.05) is 11.8 Å². The highest BCUT2D eigenvalue weighted by atomic mass is 32.2. The number of ether oxygens (including phenoxy) is 2. The Bertz CT molecular complexity index is 1430. The minimum Gasteiger partial charge on any atom is -0.491 e. The van der Waals surface area contributed by atoms with Gasteiger partial charge in [-0.25, -0.2) is 14.2 Å². The Morgan fingerprint density at radius 1 is 1.03 bits per heavy atom. The molecule has 2 fully saturated rings. The van der Waals surface area contributed by atoms with Crippen molar-refractivity contribution < 1.29 is 18.7 Å². The SMILES string of the molecule is COCCOc1ccc(C(=O)NC2CCC(n3c(=O)c4cc(F)cnc4n(C4CCSCC4)c3=O)CC2)cc1. The van der Waals surface area contributed by atoms with Crippen LogP contribution < -0.4 is 21.3 Å². The predicted molar refractivity (Wildman–Crippen MR) is 148 cm³/mol. The second kappa shape index (κ2) is 12.3. The molecule has 0 unspecified atom stereocenters. The van der Waals surface area contributed by atoms with E-state index >= 15 is 0 Å². The van der Waals surface area contributed by atoms with Gasteiger partial charge in [-0.05, 0) is 80.4 Å². The molecule has 1 aromatic carbocycles. The van der Waals surface area contributed by atoms with Gasteiger partial charge in [0.1, 0.15) is 23.8 Å². The van der Waals surface area contributed by atoms with Gasteiger partial charge in [-0.2, -0.15) is 11.8 Å². The van der Waals surface area contributed by atoms with Gasteiger partial charge in [0.2, 0.25) is 0 Å². The molecular formula is C28H33FN4O5S. The molecule has 1 aliphatic carbocycles. The molecule has 1 amide bonds. The highest BCUT2D eigenvalue weighted by Crippen LogP contribution is 2.30. The summed E-state index contributed by atoms with van der Waals surface area (Å²) in [5.41, 5.74) is -0.0758. The van der Waals surface area contributed by atoms with Gasteiger partial charge >= 0.3 is 5.69 Å². The molecule has 9 nitrogen and oxygen atoms in total. The maximum absolute atomic E-state index is 14.1. The summed E-state index contributed by atoms with van der Waals surface area (Å²) < 4.78 is 27.6. The third-order valence-electron chi connectivity index (χ3n) is 7.55. The van der Waals surface area contributed by atoms with Crippen molar-refractivity contribution in [3.63, 3.8) is 0 Å². The highest BCUT2D eigenvalue weighted by Gasteiger charge is 2.29. The van der Waals surface area contributed by atoms with E-state index in [2.05, 4.69) is 10.3 Å². The van der Waals surface area contributed by atoms with E-state index in [4.69, 9.17) is 9.47 Å². The molecule has 0 bridgehead atoms. The molecule has 11 heteroatoms. The second-order valence-electron chi connectivity index (χ2n) is 10.0. The molecule has 2 aliphatic rings. The lowest BCUT2D eigenvalue weighted by atomic mass is 9.90. The summed E-state index contributed by atoms with van der Waals surface area (Å²) in [7, 11) is 1.61. The number of nitrogens with one attached hydrogen (secondary N) is 1. The van der Waals surface area contributed by atoms with Crippen LogP contribution in [0.2, 0.25) is 0 Å². The van der Waals surface area contributed by atoms with Crippen LogP contribution in [0.1, 0.15) is 61.0 Å². The lowest BCUT2D eigenvalue weighted by Gasteiger charge is -2.31. The summed E-state index contributed by atoms with van der Waals surface area (Å²) in [5, 5.41) is 3.21. The van der Waals surface area contributed by atoms with E-state index in [0.29, 0.717) is 50.2 Å². The number of rotatable bonds is 8. The van der Waals surface area contributed by atoms with E-state index in [9.17, 15) is 18.8 Å². The molecular weight excluding hydrogens is 523 g/mol. The van der Waals surface area contributed by atoms with Crippen LogP contribution in [-0.2, 0) is 4.74 Å². The number of benzene rings is 1. The number of amides is 1. The molecule has 1 saturated carbocycles. The van der Waals surface area contributed by atoms with Crippen LogP contribution in [0.4, 0.5) is 4.39 Å². The molecule has 0 spiro atoms. The largest absolute Gasteiger partial charge is 0.491 e. The van der Waals surface area contributed by atoms with Crippen molar-refractivity contribution in [1.29, 1.82) is 0 Å². The zero-order valence-electron chi connectivity index (χ0n) is 21.9. The molecule has 3 heterocycles. The minimum absolute atomic E-state index is 0.0701. The zero-order chi connectivity index (χ0) is 27.4. The monoisotopic (exact) mass is 556 g/mol. The van der Waals surface area contributed by atoms with Crippen molar-refractivity contribution in [2.75, 3.05) is 31.8 Å². The molecule has 0 radical (unpaired) electrons. The zero-order valence-corrected chi connectivity index (χ0v) is 22.8. The van der Waals surface area contributed by atoms with E-state index in [-0.39, 0.29) is 40.8 Å². The summed E-state index contributed by atoms with van der Waals surface area (Å²) in [6.07, 6.45) is 5.03. The Balaban J connectivity index is 1.30. The fourth-order valence-electron chi connectivity index (χ4n) is 5.49. The summed E-state index contributed by atoms with van der Waals surface area (Å²) in [6, 6.07) is 7.67. The Labute approximate surface area is 229 Å². The average molecular weight is 557 g/mol. The number of hydrogen-bond donors (Lipinski definition) is 1. The second-order valence-corrected chi connectivity index (χ2v) is 11.3. The average Bonchev–Trinajstić information content (AvgIpc) is 2.95. The summed E-state index contributed by atoms with van der Waals surface area (Å²) in [6.45, 7) is 0.916. The molecule has 3 aromatic rings. The number of methoxy groups -OCH3 is 1. The summed E-state index contributed by atoms with van der Waals surface area (Å²) >= 11 is 1.84. The standard InChI is InChI=1S/C28H33FN4O5S/c1-37-12-13-38-23-8-2-18(3-9-23)26(34)31-20-4-6-21(7-5-20)33-27(35)24-16-19(29)17-30-25(24)32(28(33)36)22-10-14-39-15-11-22/h2-3,8-9,16-17,20-22H,4-7,10-15H2,1H3,(H,31,34). The van der Waals surface area contributed by atoms with Gasteiger partial charge in [0, 0.05) is 30.8 Å². The van der Waals surface area contributed by atoms with Crippen LogP contribution in [0.3, 0.4) is 0 Å². The van der Waals surface area contributed by atoms with E-state index in [1.54, 1.807) is 35.9 Å². The van der Waals surface area contributed by atoms with E-state index in [0.717, 1.165) is 30.5 Å². The van der Waals surface area contributed by atoms with Crippen LogP contribution in [0.5, 0.6) is 5.75 Å². The van der Waals surface area contributed by atoms with Gasteiger partial charge in [0.25, 0.3) is 11.5 Å². The smallest absolute Gasteiger partial charge is 0.333 e. The first-order valence-electron chi connectivity index (χ1n) is 13.4. The van der Waals surface area contributed by atoms with Crippen molar-refractivity contribution in [1.82, 2.24) is 19.4 Å². The van der Waals surface area contributed by atoms with Gasteiger partial charge < -0.3 is 14.8 Å². The van der Waals surface area contributed by atoms with Crippen LogP contribution in [-0.4, -0.2) is 57.9 Å². The molecule has 1 aliphatic heterocycles. The van der Waals surface area contributed by atoms with Crippen molar-refractivity contribution in [3.05, 3.63) is 68.7 Å². The number of carbonyl (C=O) groups excluding carboxylic acids is 1. The number of nitrogens with zero attached hydrogens (tertiary/aromatic N) is 3. The number of carbonyl (C=O) groups is 1. The summed E-state index contributed by atoms with van der Waals surface area (Å²) in [5.74, 6) is 1.73. The van der Waals surface area contributed by atoms with Gasteiger partial charge in [-0.1, -0.05) is 0 Å². The van der Waals surface area contributed by atoms with Gasteiger partial charge in [0.15, 0.2) is 0 Å². The third-order valence-corrected chi connectivity index (χ3v) is 8.60. The Morgan fingerprint density at radius 3 is 2.41 bits per heavy atom. The lowest BCUT2D eigenvalue weighted by molar-refractivity contribution is 0.0921. The van der Waals surface area contributed by atoms with Crippen LogP contribution in [0.25, 0.3) is 11.0 Å². The van der Waals surface area contributed by atoms with E-state index < -0.39 is 11.4 Å². The number of aromatic nitrogens is 3. The van der Waals surface area contributed by atoms with Crippen LogP contribution in [0.15, 0.2) is 46.1 Å². The lowest BCUT2D eigenvalue weighted by Crippen LogP contribution is -2.46. The van der Waals surface area contributed by atoms with Gasteiger partial charge in [0.05, 0.1) is 18.2 Å². The van der Waals surface area contributed by atoms with Crippen molar-refractivity contribution >= 4 is 28.7 Å². The fraction of sp³-hybridized carbons (Fsp3) is 0.500. The fourth-order valence-corrected chi connectivity index (χ4v) is 6.57. The van der Waals surface area contributed by atoms with Gasteiger partial charge in [-0.15, -0.1) is 0 Å². The normalized spacial score (nSPS) is 20.2. The Morgan fingerprint density at radius 2 is 1.72 bits per heavy atom. The van der Waals surface area contributed by atoms with Crippen molar-refractivity contribution in [3.8, 4) is 5.75 Å². The molecule has 2 aromatic heterocycles. The number of hydrogen-bond acceptors (Lipinski definition) is 7. The maximum atomic E-state index is 14.1. The Hall–Kier alpha value is -3.18. The Kier molecular flexibility index (Phi) is 8.66. The first kappa shape index (κ1) is 27.4. The molecule has 39 heavy (non-hydrogen) atoms. The topological polar surface area (TPSA) is 104 Å². The quantitative estimate of drug-likeness (QED) is 0.422. The molecule has 1 saturated heterocycles. The third kappa shape index (κ3) is 6.04. The van der Waals surface area contributed by atoms with Gasteiger partial charge in [-0.3, -0.25) is 18.7 Å². The molecule has 0 atom stereocenters. The number of pyridine rings is 1. The van der Waals surface area contributed by atoms with Crippen molar-refractivity contribution in [2.45, 2.75) is 56.7 Å². The summed E-state index contributed by atoms with van der Waals surface area (Å²) in [4.78, 5) is 44.2. The minimum atomic E-state index is -0.600. The van der Waals surface area contributed by atoms with Crippen LogP contribution >= 0.6 is 11.8 Å². The molecule has 208 valence electrons. The first-order valence-corrected chi connectivity index (χ1v) is 14.5. The number of thioether (sulfide) groups is 1. The molecule has 5 rings (SSSR count). The number of halogens is 1. The number of fused-ring (bicyclic) bond motifs is 1. The highest BCUT2D eigenvalue weighted by molar-refractivity contribution is 7.99. The first-order chi connectivity index (χ1) is 19.0. The van der Waals surface area contributed by atoms with Crippen LogP contribution in [0, 0.1) is 5.82 Å². The molecule has 1 N–H and O–H groups in total. The predicted octanol–water partition coefficient (Wildman–Crippen LogP) is 3.70. The van der Waals surface area contributed by atoms with Crippen molar-refractivity contribution in [2.24, 2.45) is 0 Å². The van der Waals surface area contributed by atoms with E-state index in [1.165, 1.54) is 10.6 Å². The maximum Gasteiger partial charge on any atom is 0.333 e.